The van der Waals surface area contributed by atoms with E-state index in [2.05, 4.69) is 167 Å². The van der Waals surface area contributed by atoms with Crippen LogP contribution in [0.2, 0.25) is 0 Å². The molecule has 0 saturated carbocycles. The summed E-state index contributed by atoms with van der Waals surface area (Å²) in [5, 5.41) is 0. The van der Waals surface area contributed by atoms with E-state index >= 15 is 0 Å². The number of hydrogen-bond acceptors (Lipinski definition) is 6. The van der Waals surface area contributed by atoms with Crippen LogP contribution in [0, 0.1) is 0 Å². The summed E-state index contributed by atoms with van der Waals surface area (Å²) in [6, 6.07) is 0. The number of hydrogen-bond donors (Lipinski definition) is 0. The minimum atomic E-state index is -0.795. The van der Waals surface area contributed by atoms with Crippen LogP contribution in [-0.2, 0) is 28.6 Å². The van der Waals surface area contributed by atoms with Crippen LogP contribution in [0.25, 0.3) is 0 Å². The number of esters is 3. The first kappa shape index (κ1) is 78.3. The van der Waals surface area contributed by atoms with Crippen LogP contribution in [0.5, 0.6) is 0 Å². The van der Waals surface area contributed by atoms with Crippen molar-refractivity contribution in [2.45, 2.75) is 309 Å². The van der Waals surface area contributed by atoms with Gasteiger partial charge in [-0.1, -0.05) is 308 Å². The summed E-state index contributed by atoms with van der Waals surface area (Å²) < 4.78 is 16.9. The van der Waals surface area contributed by atoms with Gasteiger partial charge in [0.15, 0.2) is 6.10 Å². The Bertz CT molecular complexity index is 1800. The molecular formula is C77H126O6. The highest BCUT2D eigenvalue weighted by Crippen LogP contribution is 2.16. The maximum atomic E-state index is 12.9. The minimum Gasteiger partial charge on any atom is -0.462 e. The van der Waals surface area contributed by atoms with Crippen LogP contribution in [-0.4, -0.2) is 37.2 Å². The molecule has 1 unspecified atom stereocenters. The fourth-order valence-electron chi connectivity index (χ4n) is 9.27. The third kappa shape index (κ3) is 68.0. The summed E-state index contributed by atoms with van der Waals surface area (Å²) in [6.45, 7) is 6.40. The molecule has 0 N–H and O–H groups in total. The molecule has 1 atom stereocenters. The number of carbonyl (C=O) groups excluding carboxylic acids is 3. The van der Waals surface area contributed by atoms with Gasteiger partial charge < -0.3 is 14.2 Å². The monoisotopic (exact) mass is 1150 g/mol. The fraction of sp³-hybridized carbons (Fsp3) is 0.649. The average Bonchev–Trinajstić information content (AvgIpc) is 3.48. The lowest BCUT2D eigenvalue weighted by molar-refractivity contribution is -0.167. The lowest BCUT2D eigenvalue weighted by Gasteiger charge is -2.18. The summed E-state index contributed by atoms with van der Waals surface area (Å²) in [5.74, 6) is -0.913. The second-order valence-electron chi connectivity index (χ2n) is 22.3. The molecule has 0 spiro atoms. The van der Waals surface area contributed by atoms with Crippen molar-refractivity contribution in [1.82, 2.24) is 0 Å². The van der Waals surface area contributed by atoms with Crippen LogP contribution in [0.3, 0.4) is 0 Å². The molecule has 0 rings (SSSR count). The van der Waals surface area contributed by atoms with E-state index in [4.69, 9.17) is 14.2 Å². The highest BCUT2D eigenvalue weighted by atomic mass is 16.6. The van der Waals surface area contributed by atoms with Crippen molar-refractivity contribution in [3.8, 4) is 0 Å². The molecule has 83 heavy (non-hydrogen) atoms. The predicted molar refractivity (Wildman–Crippen MR) is 362 cm³/mol. The van der Waals surface area contributed by atoms with Gasteiger partial charge in [0.2, 0.25) is 0 Å². The second-order valence-corrected chi connectivity index (χ2v) is 22.3. The second kappa shape index (κ2) is 69.8. The van der Waals surface area contributed by atoms with Crippen molar-refractivity contribution >= 4 is 17.9 Å². The van der Waals surface area contributed by atoms with Crippen molar-refractivity contribution in [3.63, 3.8) is 0 Å². The predicted octanol–water partition coefficient (Wildman–Crippen LogP) is 23.9. The quantitative estimate of drug-likeness (QED) is 0.0261. The molecule has 0 aromatic carbocycles. The van der Waals surface area contributed by atoms with Crippen LogP contribution < -0.4 is 0 Å². The molecule has 6 heteroatoms. The normalized spacial score (nSPS) is 13.0. The molecule has 0 bridgehead atoms. The van der Waals surface area contributed by atoms with E-state index < -0.39 is 6.10 Å². The zero-order valence-electron chi connectivity index (χ0n) is 53.9. The smallest absolute Gasteiger partial charge is 0.306 e. The Balaban J connectivity index is 4.34. The molecule has 0 aliphatic carbocycles. The summed E-state index contributed by atoms with van der Waals surface area (Å²) in [7, 11) is 0. The molecule has 0 aliphatic rings. The Morgan fingerprint density at radius 1 is 0.253 bits per heavy atom. The Kier molecular flexibility index (Phi) is 65.8. The SMILES string of the molecule is CC/C=C\C/C=C\C/C=C\C/C=C\C/C=C\C/C=C\C/C=C\C/C=C\CCCCCCC(=O)OCC(COC(=O)CCCCCCCCCCCCC)OC(=O)CCCCCCCCCCCCCC/C=C\C/C=C\C/C=C\C/C=C\CC. The zero-order chi connectivity index (χ0) is 59.9. The molecule has 0 aromatic heterocycles. The van der Waals surface area contributed by atoms with Gasteiger partial charge in [0.05, 0.1) is 0 Å². The van der Waals surface area contributed by atoms with Gasteiger partial charge in [-0.2, -0.15) is 0 Å². The van der Waals surface area contributed by atoms with E-state index in [1.165, 1.54) is 116 Å². The van der Waals surface area contributed by atoms with E-state index in [0.717, 1.165) is 148 Å². The van der Waals surface area contributed by atoms with Crippen LogP contribution in [0.1, 0.15) is 303 Å². The zero-order valence-corrected chi connectivity index (χ0v) is 53.9. The van der Waals surface area contributed by atoms with Gasteiger partial charge in [-0.15, -0.1) is 0 Å². The van der Waals surface area contributed by atoms with E-state index in [0.29, 0.717) is 19.3 Å². The molecular weight excluding hydrogens is 1020 g/mol. The number of carbonyl (C=O) groups is 3. The van der Waals surface area contributed by atoms with Gasteiger partial charge in [-0.3, -0.25) is 14.4 Å². The van der Waals surface area contributed by atoms with Gasteiger partial charge in [-0.05, 0) is 122 Å². The summed E-state index contributed by atoms with van der Waals surface area (Å²) in [4.78, 5) is 38.4. The highest BCUT2D eigenvalue weighted by Gasteiger charge is 2.19. The molecule has 6 nitrogen and oxygen atoms in total. The van der Waals surface area contributed by atoms with Crippen molar-refractivity contribution in [2.24, 2.45) is 0 Å². The Hall–Kier alpha value is -4.71. The Morgan fingerprint density at radius 3 is 0.735 bits per heavy atom. The van der Waals surface area contributed by atoms with Gasteiger partial charge in [0.1, 0.15) is 13.2 Å². The highest BCUT2D eigenvalue weighted by molar-refractivity contribution is 5.71. The third-order valence-corrected chi connectivity index (χ3v) is 14.3. The van der Waals surface area contributed by atoms with E-state index in [1.54, 1.807) is 0 Å². The number of unbranched alkanes of at least 4 members (excludes halogenated alkanes) is 26. The maximum absolute atomic E-state index is 12.9. The molecule has 0 radical (unpaired) electrons. The molecule has 0 fully saturated rings. The van der Waals surface area contributed by atoms with Crippen molar-refractivity contribution in [1.29, 1.82) is 0 Å². The lowest BCUT2D eigenvalue weighted by Crippen LogP contribution is -2.30. The molecule has 0 saturated heterocycles. The van der Waals surface area contributed by atoms with Gasteiger partial charge >= 0.3 is 17.9 Å². The van der Waals surface area contributed by atoms with Gasteiger partial charge in [0.25, 0.3) is 0 Å². The summed E-state index contributed by atoms with van der Waals surface area (Å²) in [6.07, 6.45) is 100. The van der Waals surface area contributed by atoms with Crippen molar-refractivity contribution in [2.75, 3.05) is 13.2 Å². The first-order valence-corrected chi connectivity index (χ1v) is 34.3. The third-order valence-electron chi connectivity index (χ3n) is 14.3. The summed E-state index contributed by atoms with van der Waals surface area (Å²) >= 11 is 0. The van der Waals surface area contributed by atoms with Crippen molar-refractivity contribution < 1.29 is 28.6 Å². The first-order chi connectivity index (χ1) is 41.0. The number of rotatable bonds is 61. The van der Waals surface area contributed by atoms with Crippen LogP contribution in [0.4, 0.5) is 0 Å². The Morgan fingerprint density at radius 2 is 0.470 bits per heavy atom. The van der Waals surface area contributed by atoms with E-state index in [9.17, 15) is 14.4 Å². The molecule has 0 amide bonds. The van der Waals surface area contributed by atoms with Crippen LogP contribution in [0.15, 0.2) is 146 Å². The minimum absolute atomic E-state index is 0.0886. The van der Waals surface area contributed by atoms with Crippen LogP contribution >= 0.6 is 0 Å². The van der Waals surface area contributed by atoms with E-state index in [-0.39, 0.29) is 31.1 Å². The number of allylic oxidation sites excluding steroid dienone is 24. The maximum Gasteiger partial charge on any atom is 0.306 e. The lowest BCUT2D eigenvalue weighted by atomic mass is 10.0. The molecule has 470 valence electrons. The van der Waals surface area contributed by atoms with E-state index in [1.807, 2.05) is 0 Å². The first-order valence-electron chi connectivity index (χ1n) is 34.3. The van der Waals surface area contributed by atoms with Gasteiger partial charge in [-0.25, -0.2) is 0 Å². The molecule has 0 aromatic rings. The average molecular weight is 1150 g/mol. The fourth-order valence-corrected chi connectivity index (χ4v) is 9.27. The number of ether oxygens (including phenoxy) is 3. The Labute approximate surface area is 512 Å². The molecule has 0 heterocycles. The molecule has 0 aliphatic heterocycles. The summed E-state index contributed by atoms with van der Waals surface area (Å²) in [5.41, 5.74) is 0. The topological polar surface area (TPSA) is 78.9 Å². The standard InChI is InChI=1S/C77H126O6/c1-4-7-10-13-16-19-22-24-26-28-30-32-34-36-37-38-39-41-42-44-46-48-50-52-55-58-61-64-67-70-76(79)82-73-74(72-81-75(78)69-66-63-60-57-54-21-18-15-12-9-6-3)83-77(80)71-68-65-62-59-56-53-51-49-47-45-43-40-35-33-31-29-27-25-23-20-17-14-11-8-5-2/h7-8,10-11,16-17,19-20,24-27,30-33,36-37,39,41,44,46,50,52,74H,4-6,9,12-15,18,21-23,28-29,34-35,38,40,42-43,45,47-49,51,53-73H2,1-3H3/b10-7-,11-8-,19-16-,20-17-,26-24-,27-25-,32-30-,33-31-,37-36-,41-39-,46-44-,52-50-. The van der Waals surface area contributed by atoms with Crippen molar-refractivity contribution in [3.05, 3.63) is 146 Å². The van der Waals surface area contributed by atoms with Gasteiger partial charge in [0, 0.05) is 19.3 Å². The largest absolute Gasteiger partial charge is 0.462 e.